The van der Waals surface area contributed by atoms with Crippen LogP contribution in [0.25, 0.3) is 0 Å². The first kappa shape index (κ1) is 9.43. The molecule has 14 heavy (non-hydrogen) atoms. The Hall–Kier alpha value is -1.13. The molecule has 1 amide bonds. The number of carbonyl (C=O) groups excluding carboxylic acids is 1. The van der Waals surface area contributed by atoms with Crippen LogP contribution in [0.3, 0.4) is 0 Å². The van der Waals surface area contributed by atoms with E-state index in [1.807, 2.05) is 0 Å². The Balaban J connectivity index is 2.12. The SMILES string of the molecule is O=C(c1cc(Cl)ccn1)N1CC(O)C1. The Morgan fingerprint density at radius 3 is 2.93 bits per heavy atom. The Morgan fingerprint density at radius 1 is 1.64 bits per heavy atom. The van der Waals surface area contributed by atoms with Crippen LogP contribution in [0.1, 0.15) is 10.5 Å². The number of likely N-dealkylation sites (tertiary alicyclic amines) is 1. The molecule has 74 valence electrons. The van der Waals surface area contributed by atoms with Crippen molar-refractivity contribution >= 4 is 17.5 Å². The van der Waals surface area contributed by atoms with Crippen LogP contribution in [0.4, 0.5) is 0 Å². The second-order valence-electron chi connectivity index (χ2n) is 3.22. The van der Waals surface area contributed by atoms with Crippen molar-refractivity contribution < 1.29 is 9.90 Å². The van der Waals surface area contributed by atoms with Gasteiger partial charge in [0.2, 0.25) is 0 Å². The molecular weight excluding hydrogens is 204 g/mol. The minimum absolute atomic E-state index is 0.183. The number of hydrogen-bond acceptors (Lipinski definition) is 3. The van der Waals surface area contributed by atoms with Crippen LogP contribution < -0.4 is 0 Å². The van der Waals surface area contributed by atoms with Gasteiger partial charge >= 0.3 is 0 Å². The van der Waals surface area contributed by atoms with Crippen LogP contribution in [0.2, 0.25) is 5.02 Å². The Labute approximate surface area is 86.1 Å². The largest absolute Gasteiger partial charge is 0.389 e. The first-order chi connectivity index (χ1) is 6.66. The monoisotopic (exact) mass is 212 g/mol. The number of rotatable bonds is 1. The number of hydrogen-bond donors (Lipinski definition) is 1. The number of aromatic nitrogens is 1. The third kappa shape index (κ3) is 1.71. The summed E-state index contributed by atoms with van der Waals surface area (Å²) in [6.07, 6.45) is 1.10. The Morgan fingerprint density at radius 2 is 2.36 bits per heavy atom. The molecule has 1 saturated heterocycles. The van der Waals surface area contributed by atoms with Gasteiger partial charge in [0, 0.05) is 24.3 Å². The predicted molar refractivity (Wildman–Crippen MR) is 51.2 cm³/mol. The van der Waals surface area contributed by atoms with Crippen LogP contribution in [0.15, 0.2) is 18.3 Å². The van der Waals surface area contributed by atoms with E-state index in [0.717, 1.165) is 0 Å². The molecule has 1 aliphatic heterocycles. The number of pyridine rings is 1. The molecule has 0 spiro atoms. The molecule has 1 aromatic heterocycles. The van der Waals surface area contributed by atoms with E-state index in [2.05, 4.69) is 4.98 Å². The summed E-state index contributed by atoms with van der Waals surface area (Å²) >= 11 is 5.72. The fraction of sp³-hybridized carbons (Fsp3) is 0.333. The van der Waals surface area contributed by atoms with Gasteiger partial charge in [-0.25, -0.2) is 0 Å². The molecule has 0 aromatic carbocycles. The second-order valence-corrected chi connectivity index (χ2v) is 3.66. The first-order valence-electron chi connectivity index (χ1n) is 4.26. The molecule has 0 unspecified atom stereocenters. The number of carbonyl (C=O) groups is 1. The van der Waals surface area contributed by atoms with E-state index in [0.29, 0.717) is 23.8 Å². The quantitative estimate of drug-likeness (QED) is 0.740. The smallest absolute Gasteiger partial charge is 0.272 e. The summed E-state index contributed by atoms with van der Waals surface area (Å²) in [4.78, 5) is 17.1. The third-order valence-electron chi connectivity index (χ3n) is 2.09. The van der Waals surface area contributed by atoms with Crippen molar-refractivity contribution in [3.05, 3.63) is 29.0 Å². The normalized spacial score (nSPS) is 16.6. The van der Waals surface area contributed by atoms with Crippen molar-refractivity contribution in [2.24, 2.45) is 0 Å². The molecule has 1 N–H and O–H groups in total. The van der Waals surface area contributed by atoms with Gasteiger partial charge < -0.3 is 10.0 Å². The third-order valence-corrected chi connectivity index (χ3v) is 2.33. The average Bonchev–Trinajstić information content (AvgIpc) is 2.12. The molecule has 1 aliphatic rings. The zero-order valence-electron chi connectivity index (χ0n) is 7.35. The molecule has 4 nitrogen and oxygen atoms in total. The number of aliphatic hydroxyl groups is 1. The van der Waals surface area contributed by atoms with Crippen LogP contribution in [0.5, 0.6) is 0 Å². The maximum atomic E-state index is 11.6. The number of aliphatic hydroxyl groups excluding tert-OH is 1. The van der Waals surface area contributed by atoms with E-state index in [-0.39, 0.29) is 5.91 Å². The van der Waals surface area contributed by atoms with Gasteiger partial charge in [0.1, 0.15) is 5.69 Å². The minimum Gasteiger partial charge on any atom is -0.389 e. The number of β-amino-alcohol motifs (C(OH)–C–C–N with tert-alkyl or cyclic N) is 1. The molecule has 2 rings (SSSR count). The molecule has 0 atom stereocenters. The molecular formula is C9H9ClN2O2. The van der Waals surface area contributed by atoms with Crippen molar-refractivity contribution in [2.45, 2.75) is 6.10 Å². The van der Waals surface area contributed by atoms with Crippen molar-refractivity contribution in [2.75, 3.05) is 13.1 Å². The highest BCUT2D eigenvalue weighted by Crippen LogP contribution is 2.14. The second kappa shape index (κ2) is 3.55. The van der Waals surface area contributed by atoms with Crippen molar-refractivity contribution in [1.82, 2.24) is 9.88 Å². The molecule has 1 aromatic rings. The molecule has 5 heteroatoms. The maximum Gasteiger partial charge on any atom is 0.272 e. The van der Waals surface area contributed by atoms with E-state index < -0.39 is 6.10 Å². The lowest BCUT2D eigenvalue weighted by Gasteiger charge is -2.35. The topological polar surface area (TPSA) is 53.4 Å². The fourth-order valence-corrected chi connectivity index (χ4v) is 1.46. The van der Waals surface area contributed by atoms with Crippen LogP contribution in [0, 0.1) is 0 Å². The van der Waals surface area contributed by atoms with Gasteiger partial charge in [-0.3, -0.25) is 9.78 Å². The van der Waals surface area contributed by atoms with Gasteiger partial charge in [-0.2, -0.15) is 0 Å². The summed E-state index contributed by atoms with van der Waals surface area (Å²) < 4.78 is 0. The lowest BCUT2D eigenvalue weighted by molar-refractivity contribution is 0.00550. The number of halogens is 1. The maximum absolute atomic E-state index is 11.6. The highest BCUT2D eigenvalue weighted by molar-refractivity contribution is 6.30. The van der Waals surface area contributed by atoms with Gasteiger partial charge in [-0.05, 0) is 12.1 Å². The van der Waals surface area contributed by atoms with Crippen LogP contribution in [-0.2, 0) is 0 Å². The molecule has 0 bridgehead atoms. The molecule has 0 saturated carbocycles. The first-order valence-corrected chi connectivity index (χ1v) is 4.63. The summed E-state index contributed by atoms with van der Waals surface area (Å²) in [6, 6.07) is 3.14. The van der Waals surface area contributed by atoms with E-state index in [9.17, 15) is 4.79 Å². The zero-order chi connectivity index (χ0) is 10.1. The number of nitrogens with zero attached hydrogens (tertiary/aromatic N) is 2. The summed E-state index contributed by atoms with van der Waals surface area (Å²) in [6.45, 7) is 0.764. The highest BCUT2D eigenvalue weighted by atomic mass is 35.5. The lowest BCUT2D eigenvalue weighted by atomic mass is 10.1. The van der Waals surface area contributed by atoms with E-state index in [1.54, 1.807) is 6.07 Å². The minimum atomic E-state index is -0.391. The van der Waals surface area contributed by atoms with E-state index in [4.69, 9.17) is 16.7 Å². The van der Waals surface area contributed by atoms with Gasteiger partial charge in [0.15, 0.2) is 0 Å². The number of amides is 1. The molecule has 2 heterocycles. The highest BCUT2D eigenvalue weighted by Gasteiger charge is 2.29. The van der Waals surface area contributed by atoms with Crippen LogP contribution in [-0.4, -0.2) is 40.1 Å². The lowest BCUT2D eigenvalue weighted by Crippen LogP contribution is -2.53. The Bertz CT molecular complexity index is 364. The van der Waals surface area contributed by atoms with Gasteiger partial charge in [0.05, 0.1) is 6.10 Å². The van der Waals surface area contributed by atoms with Gasteiger partial charge in [-0.15, -0.1) is 0 Å². The summed E-state index contributed by atoms with van der Waals surface area (Å²) in [5.74, 6) is -0.183. The summed E-state index contributed by atoms with van der Waals surface area (Å²) in [7, 11) is 0. The van der Waals surface area contributed by atoms with E-state index >= 15 is 0 Å². The molecule has 1 fully saturated rings. The predicted octanol–water partition coefficient (Wildman–Crippen LogP) is 0.552. The molecule has 0 radical (unpaired) electrons. The van der Waals surface area contributed by atoms with Gasteiger partial charge in [0.25, 0.3) is 5.91 Å². The van der Waals surface area contributed by atoms with E-state index in [1.165, 1.54) is 17.2 Å². The fourth-order valence-electron chi connectivity index (χ4n) is 1.30. The standard InChI is InChI=1S/C9H9ClN2O2/c10-6-1-2-11-8(3-6)9(14)12-4-7(13)5-12/h1-3,7,13H,4-5H2. The van der Waals surface area contributed by atoms with Crippen LogP contribution >= 0.6 is 11.6 Å². The van der Waals surface area contributed by atoms with Crippen molar-refractivity contribution in [3.8, 4) is 0 Å². The average molecular weight is 213 g/mol. The zero-order valence-corrected chi connectivity index (χ0v) is 8.11. The molecule has 0 aliphatic carbocycles. The summed E-state index contributed by atoms with van der Waals surface area (Å²) in [5, 5.41) is 9.52. The van der Waals surface area contributed by atoms with Crippen molar-refractivity contribution in [3.63, 3.8) is 0 Å². The van der Waals surface area contributed by atoms with Gasteiger partial charge in [-0.1, -0.05) is 11.6 Å². The summed E-state index contributed by atoms with van der Waals surface area (Å²) in [5.41, 5.74) is 0.324. The Kier molecular flexibility index (Phi) is 2.39. The van der Waals surface area contributed by atoms with Crippen molar-refractivity contribution in [1.29, 1.82) is 0 Å².